The highest BCUT2D eigenvalue weighted by atomic mass is 79.9. The zero-order chi connectivity index (χ0) is 36.8. The Kier molecular flexibility index (Phi) is 8.68. The van der Waals surface area contributed by atoms with E-state index in [1.54, 1.807) is 48.5 Å². The fourth-order valence-electron chi connectivity index (χ4n) is 9.04. The minimum absolute atomic E-state index is 0.134. The van der Waals surface area contributed by atoms with Crippen molar-refractivity contribution in [1.29, 1.82) is 0 Å². The van der Waals surface area contributed by atoms with E-state index in [0.717, 1.165) is 11.1 Å². The highest BCUT2D eigenvalue weighted by Gasteiger charge is 2.70. The average Bonchev–Trinajstić information content (AvgIpc) is 3.53. The molecule has 0 bridgehead atoms. The van der Waals surface area contributed by atoms with E-state index in [1.165, 1.54) is 16.9 Å². The molecule has 8 rings (SSSR count). The summed E-state index contributed by atoms with van der Waals surface area (Å²) in [4.78, 5) is 61.7. The Labute approximate surface area is 326 Å². The van der Waals surface area contributed by atoms with E-state index in [4.69, 9.17) is 27.9 Å². The maximum Gasteiger partial charge on any atom is 0.246 e. The van der Waals surface area contributed by atoms with Crippen LogP contribution in [0.2, 0.25) is 10.0 Å². The van der Waals surface area contributed by atoms with Gasteiger partial charge in [0.2, 0.25) is 23.6 Å². The molecule has 4 aromatic rings. The highest BCUT2D eigenvalue weighted by molar-refractivity contribution is 9.13. The lowest BCUT2D eigenvalue weighted by Crippen LogP contribution is -2.53. The lowest BCUT2D eigenvalue weighted by Gasteiger charge is -2.51. The number of amides is 4. The van der Waals surface area contributed by atoms with Crippen molar-refractivity contribution in [3.8, 4) is 11.5 Å². The number of aryl methyl sites for hydroxylation is 1. The molecule has 1 saturated carbocycles. The van der Waals surface area contributed by atoms with Gasteiger partial charge in [-0.25, -0.2) is 9.80 Å². The van der Waals surface area contributed by atoms with Gasteiger partial charge in [0.05, 0.1) is 46.1 Å². The highest BCUT2D eigenvalue weighted by Crippen LogP contribution is 2.66. The van der Waals surface area contributed by atoms with Crippen molar-refractivity contribution in [1.82, 2.24) is 0 Å². The van der Waals surface area contributed by atoms with Gasteiger partial charge in [0.1, 0.15) is 0 Å². The topological polar surface area (TPSA) is 104 Å². The average molecular weight is 865 g/mol. The fraction of sp³-hybridized carbons (Fsp3) is 0.250. The van der Waals surface area contributed by atoms with Gasteiger partial charge in [0, 0.05) is 20.4 Å². The molecule has 52 heavy (non-hydrogen) atoms. The molecular formula is C40H30Br2Cl2N2O6. The Morgan fingerprint density at radius 3 is 2.25 bits per heavy atom. The molecule has 1 N–H and O–H groups in total. The van der Waals surface area contributed by atoms with Gasteiger partial charge in [-0.05, 0) is 111 Å². The molecule has 0 aromatic heterocycles. The molecule has 2 aliphatic carbocycles. The van der Waals surface area contributed by atoms with Gasteiger partial charge in [-0.15, -0.1) is 0 Å². The second-order valence-electron chi connectivity index (χ2n) is 13.7. The predicted octanol–water partition coefficient (Wildman–Crippen LogP) is 8.91. The van der Waals surface area contributed by atoms with E-state index in [-0.39, 0.29) is 36.2 Å². The number of imide groups is 2. The van der Waals surface area contributed by atoms with Crippen LogP contribution in [0.15, 0.2) is 99.5 Å². The summed E-state index contributed by atoms with van der Waals surface area (Å²) in [6.45, 7) is 1.85. The van der Waals surface area contributed by atoms with E-state index in [1.807, 2.05) is 43.3 Å². The second kappa shape index (κ2) is 12.9. The van der Waals surface area contributed by atoms with Gasteiger partial charge in [-0.3, -0.25) is 19.2 Å². The summed E-state index contributed by atoms with van der Waals surface area (Å²) in [6.07, 6.45) is 2.36. The van der Waals surface area contributed by atoms with Gasteiger partial charge in [-0.1, -0.05) is 77.3 Å². The molecule has 3 fully saturated rings. The standard InChI is InChI=1S/C40H30Br2Cl2N2O6/c1-19-11-12-23(16-29(19)44)45-36(48)25-14-13-24-26(31(25)38(45)50)17-28-37(49)46(22-10-6-9-21(43)15-22)39(51)40(28,20-7-4-3-5-8-20)32(24)27-18-30(52-2)35(47)34(42)33(27)41/h3-13,15-16,18,25-26,28,31-32,47H,14,17H2,1-2H3/t25-,26+,28-,31-,32+,40+/m0/s1. The Morgan fingerprint density at radius 2 is 1.56 bits per heavy atom. The van der Waals surface area contributed by atoms with Crippen molar-refractivity contribution in [3.05, 3.63) is 126 Å². The quantitative estimate of drug-likeness (QED) is 0.159. The third kappa shape index (κ3) is 4.90. The number of phenols is 1. The normalized spacial score (nSPS) is 26.7. The molecule has 264 valence electrons. The van der Waals surface area contributed by atoms with E-state index >= 15 is 4.79 Å². The first-order valence-electron chi connectivity index (χ1n) is 16.7. The van der Waals surface area contributed by atoms with Crippen LogP contribution in [0, 0.1) is 30.6 Å². The molecule has 4 amide bonds. The number of rotatable bonds is 5. The van der Waals surface area contributed by atoms with Crippen molar-refractivity contribution in [3.63, 3.8) is 0 Å². The second-order valence-corrected chi connectivity index (χ2v) is 16.1. The van der Waals surface area contributed by atoms with Crippen molar-refractivity contribution in [2.75, 3.05) is 16.9 Å². The molecule has 2 heterocycles. The van der Waals surface area contributed by atoms with Gasteiger partial charge in [-0.2, -0.15) is 0 Å². The number of hydrogen-bond donors (Lipinski definition) is 1. The molecule has 2 aliphatic heterocycles. The van der Waals surface area contributed by atoms with E-state index in [2.05, 4.69) is 31.9 Å². The number of anilines is 2. The Hall–Kier alpha value is -3.96. The lowest BCUT2D eigenvalue weighted by atomic mass is 9.49. The minimum atomic E-state index is -1.50. The number of carbonyl (C=O) groups excluding carboxylic acids is 4. The number of benzene rings is 4. The van der Waals surface area contributed by atoms with Crippen molar-refractivity contribution in [2.24, 2.45) is 23.7 Å². The van der Waals surface area contributed by atoms with Crippen LogP contribution < -0.4 is 14.5 Å². The third-order valence-electron chi connectivity index (χ3n) is 11.3. The molecule has 6 atom stereocenters. The van der Waals surface area contributed by atoms with Crippen molar-refractivity contribution >= 4 is 90.1 Å². The van der Waals surface area contributed by atoms with Crippen LogP contribution in [-0.2, 0) is 24.6 Å². The first kappa shape index (κ1) is 35.1. The molecule has 12 heteroatoms. The van der Waals surface area contributed by atoms with E-state index in [0.29, 0.717) is 41.5 Å². The maximum absolute atomic E-state index is 15.5. The molecule has 0 unspecified atom stereocenters. The number of ether oxygens (including phenoxy) is 1. The molecule has 0 radical (unpaired) electrons. The number of hydrogen-bond acceptors (Lipinski definition) is 6. The summed E-state index contributed by atoms with van der Waals surface area (Å²) in [5, 5.41) is 11.8. The Morgan fingerprint density at radius 1 is 0.827 bits per heavy atom. The van der Waals surface area contributed by atoms with Crippen LogP contribution in [0.5, 0.6) is 11.5 Å². The first-order chi connectivity index (χ1) is 24.9. The van der Waals surface area contributed by atoms with Gasteiger partial charge < -0.3 is 9.84 Å². The zero-order valence-electron chi connectivity index (χ0n) is 27.8. The number of fused-ring (bicyclic) bond motifs is 4. The largest absolute Gasteiger partial charge is 0.503 e. The maximum atomic E-state index is 15.5. The fourth-order valence-corrected chi connectivity index (χ4v) is 10.4. The molecule has 8 nitrogen and oxygen atoms in total. The number of allylic oxidation sites excluding steroid dienone is 2. The SMILES string of the molecule is COc1cc([C@H]2C3=CC[C@@H]4C(=O)N(c5ccc(C)c(Cl)c5)C(=O)[C@@H]4[C@@H]3C[C@H]3C(=O)N(c4cccc(Cl)c4)C(=O)[C@@]23c2ccccc2)c(Br)c(Br)c1O. The number of phenolic OH excluding ortho intramolecular Hbond substituents is 1. The zero-order valence-corrected chi connectivity index (χ0v) is 32.5. The number of aromatic hydroxyl groups is 1. The lowest BCUT2D eigenvalue weighted by molar-refractivity contribution is -0.127. The van der Waals surface area contributed by atoms with Gasteiger partial charge >= 0.3 is 0 Å². The van der Waals surface area contributed by atoms with Crippen LogP contribution in [0.25, 0.3) is 0 Å². The summed E-state index contributed by atoms with van der Waals surface area (Å²) in [5.74, 6) is -5.42. The summed E-state index contributed by atoms with van der Waals surface area (Å²) in [7, 11) is 1.43. The first-order valence-corrected chi connectivity index (χ1v) is 19.0. The summed E-state index contributed by atoms with van der Waals surface area (Å²) >= 11 is 20.1. The van der Waals surface area contributed by atoms with Crippen LogP contribution >= 0.6 is 55.1 Å². The predicted molar refractivity (Wildman–Crippen MR) is 205 cm³/mol. The van der Waals surface area contributed by atoms with Crippen molar-refractivity contribution in [2.45, 2.75) is 31.1 Å². The smallest absolute Gasteiger partial charge is 0.246 e. The molecule has 4 aliphatic rings. The summed E-state index contributed by atoms with van der Waals surface area (Å²) in [5.41, 5.74) is 1.98. The summed E-state index contributed by atoms with van der Waals surface area (Å²) < 4.78 is 6.38. The van der Waals surface area contributed by atoms with E-state index < -0.39 is 46.8 Å². The molecule has 4 aromatic carbocycles. The number of halogens is 4. The summed E-state index contributed by atoms with van der Waals surface area (Å²) in [6, 6.07) is 22.6. The Bertz CT molecular complexity index is 2260. The number of nitrogens with zero attached hydrogens (tertiary/aromatic N) is 2. The van der Waals surface area contributed by atoms with Crippen LogP contribution in [0.3, 0.4) is 0 Å². The molecular weight excluding hydrogens is 835 g/mol. The number of carbonyl (C=O) groups is 4. The van der Waals surface area contributed by atoms with Crippen molar-refractivity contribution < 1.29 is 29.0 Å². The van der Waals surface area contributed by atoms with E-state index in [9.17, 15) is 19.5 Å². The molecule has 2 saturated heterocycles. The minimum Gasteiger partial charge on any atom is -0.503 e. The van der Waals surface area contributed by atoms with Gasteiger partial charge in [0.15, 0.2) is 11.5 Å². The number of methoxy groups -OCH3 is 1. The monoisotopic (exact) mass is 862 g/mol. The van der Waals surface area contributed by atoms with Crippen LogP contribution in [-0.4, -0.2) is 35.8 Å². The van der Waals surface area contributed by atoms with Crippen LogP contribution in [0.1, 0.15) is 35.4 Å². The van der Waals surface area contributed by atoms with Crippen LogP contribution in [0.4, 0.5) is 11.4 Å². The molecule has 0 spiro atoms. The Balaban J connectivity index is 1.39. The third-order valence-corrected chi connectivity index (χ3v) is 14.1. The van der Waals surface area contributed by atoms with Gasteiger partial charge in [0.25, 0.3) is 0 Å².